The molecular weight excluding hydrogens is 438 g/mol. The molecule has 180 valence electrons. The van der Waals surface area contributed by atoms with Crippen LogP contribution in [0, 0.1) is 11.3 Å². The van der Waals surface area contributed by atoms with Crippen LogP contribution in [0.1, 0.15) is 44.6 Å². The molecule has 1 heterocycles. The van der Waals surface area contributed by atoms with Gasteiger partial charge in [-0.05, 0) is 43.4 Å². The smallest absolute Gasteiger partial charge is 0.387 e. The van der Waals surface area contributed by atoms with E-state index in [1.54, 1.807) is 12.1 Å². The van der Waals surface area contributed by atoms with Crippen LogP contribution in [0.25, 0.3) is 0 Å². The number of carbonyl (C=O) groups excluding carboxylic acids is 2. The lowest BCUT2D eigenvalue weighted by atomic mass is 9.74. The molecular formula is C23H28F2N2O6. The number of rotatable bonds is 8. The monoisotopic (exact) mass is 466 g/mol. The van der Waals surface area contributed by atoms with E-state index in [0.717, 1.165) is 0 Å². The van der Waals surface area contributed by atoms with Gasteiger partial charge in [0.15, 0.2) is 11.5 Å². The normalized spacial score (nSPS) is 22.4. The van der Waals surface area contributed by atoms with Crippen molar-refractivity contribution in [3.05, 3.63) is 23.8 Å². The van der Waals surface area contributed by atoms with Crippen LogP contribution in [0.3, 0.4) is 0 Å². The summed E-state index contributed by atoms with van der Waals surface area (Å²) in [5.74, 6) is -0.695. The van der Waals surface area contributed by atoms with Gasteiger partial charge in [-0.15, -0.1) is 0 Å². The summed E-state index contributed by atoms with van der Waals surface area (Å²) in [4.78, 5) is 24.7. The molecule has 0 unspecified atom stereocenters. The molecule has 0 aromatic heterocycles. The lowest BCUT2D eigenvalue weighted by Crippen LogP contribution is -2.44. The number of halogens is 2. The lowest BCUT2D eigenvalue weighted by Gasteiger charge is -2.37. The van der Waals surface area contributed by atoms with Crippen LogP contribution in [0.4, 0.5) is 8.78 Å². The Bertz CT molecular complexity index is 895. The molecule has 2 aliphatic rings. The number of carbonyl (C=O) groups is 2. The van der Waals surface area contributed by atoms with E-state index >= 15 is 0 Å². The van der Waals surface area contributed by atoms with E-state index in [9.17, 15) is 23.6 Å². The molecule has 3 rings (SSSR count). The van der Waals surface area contributed by atoms with Crippen molar-refractivity contribution >= 4 is 11.9 Å². The molecule has 8 nitrogen and oxygen atoms in total. The SMILES string of the molecule is COC(=O)CN1CCC(C#N)(c2ccc(OC(F)F)c(O[C@@H]3CC[C@@H](OC(C)=O)C3)c2)CC1. The number of hydrogen-bond acceptors (Lipinski definition) is 8. The molecule has 1 saturated carbocycles. The zero-order chi connectivity index (χ0) is 24.0. The van der Waals surface area contributed by atoms with Gasteiger partial charge in [0.1, 0.15) is 12.2 Å². The summed E-state index contributed by atoms with van der Waals surface area (Å²) >= 11 is 0. The Morgan fingerprint density at radius 1 is 1.21 bits per heavy atom. The quantitative estimate of drug-likeness (QED) is 0.539. The van der Waals surface area contributed by atoms with Crippen LogP contribution in [-0.4, -0.2) is 62.4 Å². The molecule has 1 aliphatic heterocycles. The van der Waals surface area contributed by atoms with Gasteiger partial charge in [-0.1, -0.05) is 6.07 Å². The van der Waals surface area contributed by atoms with Crippen molar-refractivity contribution in [3.63, 3.8) is 0 Å². The molecule has 2 atom stereocenters. The Hall–Kier alpha value is -2.93. The molecule has 0 amide bonds. The average molecular weight is 466 g/mol. The van der Waals surface area contributed by atoms with Crippen molar-refractivity contribution in [3.8, 4) is 17.6 Å². The van der Waals surface area contributed by atoms with Crippen molar-refractivity contribution in [2.45, 2.75) is 63.3 Å². The second-order valence-corrected chi connectivity index (χ2v) is 8.37. The Labute approximate surface area is 191 Å². The Balaban J connectivity index is 1.78. The number of methoxy groups -OCH3 is 1. The van der Waals surface area contributed by atoms with E-state index in [4.69, 9.17) is 14.2 Å². The topological polar surface area (TPSA) is 98.1 Å². The van der Waals surface area contributed by atoms with E-state index in [2.05, 4.69) is 10.8 Å². The molecule has 0 spiro atoms. The first-order chi connectivity index (χ1) is 15.7. The summed E-state index contributed by atoms with van der Waals surface area (Å²) in [6.45, 7) is -0.508. The van der Waals surface area contributed by atoms with Crippen molar-refractivity contribution in [1.82, 2.24) is 4.90 Å². The van der Waals surface area contributed by atoms with Crippen LogP contribution in [0.2, 0.25) is 0 Å². The summed E-state index contributed by atoms with van der Waals surface area (Å²) in [5, 5.41) is 10.0. The minimum Gasteiger partial charge on any atom is -0.486 e. The number of hydrogen-bond donors (Lipinski definition) is 0. The van der Waals surface area contributed by atoms with Crippen LogP contribution in [0.5, 0.6) is 11.5 Å². The number of alkyl halides is 2. The third-order valence-corrected chi connectivity index (χ3v) is 6.18. The zero-order valence-corrected chi connectivity index (χ0v) is 18.7. The Morgan fingerprint density at radius 3 is 2.52 bits per heavy atom. The molecule has 0 radical (unpaired) electrons. The maximum Gasteiger partial charge on any atom is 0.387 e. The third kappa shape index (κ3) is 6.32. The molecule has 1 aromatic carbocycles. The number of likely N-dealkylation sites (tertiary alicyclic amines) is 1. The summed E-state index contributed by atoms with van der Waals surface area (Å²) in [7, 11) is 1.33. The van der Waals surface area contributed by atoms with E-state index in [0.29, 0.717) is 50.8 Å². The van der Waals surface area contributed by atoms with Crippen molar-refractivity contribution in [2.24, 2.45) is 0 Å². The van der Waals surface area contributed by atoms with Crippen LogP contribution in [-0.2, 0) is 24.5 Å². The first kappa shape index (κ1) is 24.7. The fourth-order valence-electron chi connectivity index (χ4n) is 4.43. The molecule has 33 heavy (non-hydrogen) atoms. The minimum absolute atomic E-state index is 0.110. The average Bonchev–Trinajstić information content (AvgIpc) is 3.21. The summed E-state index contributed by atoms with van der Waals surface area (Å²) in [5.41, 5.74) is -0.196. The largest absolute Gasteiger partial charge is 0.486 e. The van der Waals surface area contributed by atoms with Crippen molar-refractivity contribution in [1.29, 1.82) is 5.26 Å². The van der Waals surface area contributed by atoms with Gasteiger partial charge >= 0.3 is 18.6 Å². The molecule has 2 fully saturated rings. The molecule has 1 aromatic rings. The highest BCUT2D eigenvalue weighted by Crippen LogP contribution is 2.41. The van der Waals surface area contributed by atoms with Crippen LogP contribution < -0.4 is 9.47 Å². The maximum atomic E-state index is 13.0. The summed E-state index contributed by atoms with van der Waals surface area (Å²) in [6, 6.07) is 6.99. The number of nitrogens with zero attached hydrogens (tertiary/aromatic N) is 2. The third-order valence-electron chi connectivity index (χ3n) is 6.18. The summed E-state index contributed by atoms with van der Waals surface area (Å²) in [6.07, 6.45) is 1.99. The maximum absolute atomic E-state index is 13.0. The standard InChI is InChI=1S/C23H28F2N2O6/c1-15(28)31-17-4-5-18(12-17)32-20-11-16(3-6-19(20)33-22(24)25)23(14-26)7-9-27(10-8-23)13-21(29)30-2/h3,6,11,17-18,22H,4-5,7-10,12-13H2,1-2H3/t17-,18-/m1/s1. The second kappa shape index (κ2) is 10.8. The van der Waals surface area contributed by atoms with E-state index in [1.165, 1.54) is 20.1 Å². The zero-order valence-electron chi connectivity index (χ0n) is 18.7. The van der Waals surface area contributed by atoms with E-state index in [-0.39, 0.29) is 42.2 Å². The molecule has 1 aliphatic carbocycles. The van der Waals surface area contributed by atoms with Gasteiger partial charge in [0.05, 0.1) is 25.1 Å². The molecule has 0 bridgehead atoms. The lowest BCUT2D eigenvalue weighted by molar-refractivity contribution is -0.146. The first-order valence-electron chi connectivity index (χ1n) is 10.9. The van der Waals surface area contributed by atoms with Gasteiger partial charge in [-0.2, -0.15) is 14.0 Å². The molecule has 0 N–H and O–H groups in total. The fraction of sp³-hybridized carbons (Fsp3) is 0.609. The van der Waals surface area contributed by atoms with E-state index < -0.39 is 12.0 Å². The second-order valence-electron chi connectivity index (χ2n) is 8.37. The highest BCUT2D eigenvalue weighted by Gasteiger charge is 2.38. The highest BCUT2D eigenvalue weighted by atomic mass is 19.3. The first-order valence-corrected chi connectivity index (χ1v) is 10.9. The number of ether oxygens (including phenoxy) is 4. The van der Waals surface area contributed by atoms with Crippen LogP contribution >= 0.6 is 0 Å². The molecule has 10 heteroatoms. The number of benzene rings is 1. The van der Waals surface area contributed by atoms with Crippen molar-refractivity contribution < 1.29 is 37.3 Å². The van der Waals surface area contributed by atoms with Crippen LogP contribution in [0.15, 0.2) is 18.2 Å². The number of esters is 2. The fourth-order valence-corrected chi connectivity index (χ4v) is 4.43. The van der Waals surface area contributed by atoms with Gasteiger partial charge in [0, 0.05) is 26.4 Å². The number of nitriles is 1. The van der Waals surface area contributed by atoms with Gasteiger partial charge in [0.2, 0.25) is 0 Å². The van der Waals surface area contributed by atoms with Gasteiger partial charge < -0.3 is 18.9 Å². The van der Waals surface area contributed by atoms with Gasteiger partial charge in [0.25, 0.3) is 0 Å². The Morgan fingerprint density at radius 2 is 1.91 bits per heavy atom. The predicted molar refractivity (Wildman–Crippen MR) is 112 cm³/mol. The van der Waals surface area contributed by atoms with E-state index in [1.807, 2.05) is 4.90 Å². The summed E-state index contributed by atoms with van der Waals surface area (Å²) < 4.78 is 46.5. The van der Waals surface area contributed by atoms with Gasteiger partial charge in [-0.3, -0.25) is 14.5 Å². The predicted octanol–water partition coefficient (Wildman–Crippen LogP) is 3.18. The van der Waals surface area contributed by atoms with Gasteiger partial charge in [-0.25, -0.2) is 0 Å². The van der Waals surface area contributed by atoms with Crippen molar-refractivity contribution in [2.75, 3.05) is 26.7 Å². The Kier molecular flexibility index (Phi) is 8.08. The highest BCUT2D eigenvalue weighted by molar-refractivity contribution is 5.71. The number of piperidine rings is 1. The minimum atomic E-state index is -3.03. The molecule has 1 saturated heterocycles.